The monoisotopic (exact) mass is 409 g/mol. The van der Waals surface area contributed by atoms with E-state index >= 15 is 0 Å². The molecule has 3 aliphatic rings. The average Bonchev–Trinajstić information content (AvgIpc) is 2.93. The topological polar surface area (TPSA) is 53.5 Å². The van der Waals surface area contributed by atoms with Crippen molar-refractivity contribution in [2.45, 2.75) is 24.3 Å². The van der Waals surface area contributed by atoms with Gasteiger partial charge >= 0.3 is 0 Å². The molecule has 148 valence electrons. The maximum atomic E-state index is 13.9. The van der Waals surface area contributed by atoms with E-state index in [2.05, 4.69) is 9.88 Å². The van der Waals surface area contributed by atoms with Crippen LogP contribution in [0.5, 0.6) is 0 Å². The minimum Gasteiger partial charge on any atom is -0.373 e. The van der Waals surface area contributed by atoms with Gasteiger partial charge in [-0.3, -0.25) is 9.29 Å². The number of pyridine rings is 1. The van der Waals surface area contributed by atoms with Crippen LogP contribution in [-0.2, 0) is 10.0 Å². The molecule has 29 heavy (non-hydrogen) atoms. The van der Waals surface area contributed by atoms with E-state index < -0.39 is 15.8 Å². The summed E-state index contributed by atoms with van der Waals surface area (Å²) in [5.41, 5.74) is 4.50. The molecule has 2 aromatic rings. The Labute approximate surface area is 169 Å². The van der Waals surface area contributed by atoms with E-state index in [1.807, 2.05) is 32.3 Å². The van der Waals surface area contributed by atoms with Crippen molar-refractivity contribution in [3.63, 3.8) is 0 Å². The zero-order chi connectivity index (χ0) is 20.3. The van der Waals surface area contributed by atoms with Gasteiger partial charge in [0.15, 0.2) is 0 Å². The summed E-state index contributed by atoms with van der Waals surface area (Å²) in [7, 11) is -1.79. The Balaban J connectivity index is 1.76. The molecular weight excluding hydrogens is 389 g/mol. The molecule has 1 aromatic carbocycles. The Morgan fingerprint density at radius 2 is 1.93 bits per heavy atom. The van der Waals surface area contributed by atoms with Gasteiger partial charge in [-0.2, -0.15) is 0 Å². The predicted octanol–water partition coefficient (Wildman–Crippen LogP) is 3.56. The quantitative estimate of drug-likeness (QED) is 0.761. The van der Waals surface area contributed by atoms with Crippen molar-refractivity contribution in [2.24, 2.45) is 0 Å². The molecule has 0 bridgehead atoms. The van der Waals surface area contributed by atoms with Crippen LogP contribution in [0, 0.1) is 12.7 Å². The second kappa shape index (κ2) is 6.29. The van der Waals surface area contributed by atoms with Gasteiger partial charge in [0.25, 0.3) is 10.0 Å². The number of hydrogen-bond donors (Lipinski definition) is 0. The Kier molecular flexibility index (Phi) is 3.93. The van der Waals surface area contributed by atoms with Crippen molar-refractivity contribution in [2.75, 3.05) is 13.6 Å². The summed E-state index contributed by atoms with van der Waals surface area (Å²) >= 11 is 0. The van der Waals surface area contributed by atoms with E-state index in [1.165, 1.54) is 10.4 Å². The van der Waals surface area contributed by atoms with Gasteiger partial charge in [-0.05, 0) is 37.1 Å². The first-order chi connectivity index (χ1) is 13.9. The van der Waals surface area contributed by atoms with Crippen molar-refractivity contribution in [3.05, 3.63) is 82.6 Å². The lowest BCUT2D eigenvalue weighted by molar-refractivity contribution is 0.338. The molecule has 7 heteroatoms. The Morgan fingerprint density at radius 3 is 2.69 bits per heavy atom. The maximum Gasteiger partial charge on any atom is 0.264 e. The van der Waals surface area contributed by atoms with Crippen LogP contribution >= 0.6 is 0 Å². The fraction of sp³-hybridized carbons (Fsp3) is 0.227. The van der Waals surface area contributed by atoms with Crippen molar-refractivity contribution < 1.29 is 12.8 Å². The predicted molar refractivity (Wildman–Crippen MR) is 109 cm³/mol. The molecule has 0 N–H and O–H groups in total. The van der Waals surface area contributed by atoms with Crippen LogP contribution in [0.3, 0.4) is 0 Å². The smallest absolute Gasteiger partial charge is 0.264 e. The van der Waals surface area contributed by atoms with Gasteiger partial charge in [0, 0.05) is 30.9 Å². The van der Waals surface area contributed by atoms with Gasteiger partial charge in [0.1, 0.15) is 5.82 Å². The summed E-state index contributed by atoms with van der Waals surface area (Å²) < 4.78 is 42.5. The molecule has 2 aliphatic heterocycles. The van der Waals surface area contributed by atoms with E-state index in [0.29, 0.717) is 29.9 Å². The molecule has 3 heterocycles. The number of rotatable bonds is 2. The lowest BCUT2D eigenvalue weighted by Crippen LogP contribution is -2.41. The largest absolute Gasteiger partial charge is 0.373 e. The van der Waals surface area contributed by atoms with Crippen molar-refractivity contribution in [1.29, 1.82) is 0 Å². The van der Waals surface area contributed by atoms with Crippen LogP contribution in [0.4, 0.5) is 4.39 Å². The van der Waals surface area contributed by atoms with Crippen LogP contribution in [0.2, 0.25) is 0 Å². The molecule has 0 fully saturated rings. The van der Waals surface area contributed by atoms with Gasteiger partial charge in [-0.25, -0.2) is 12.8 Å². The summed E-state index contributed by atoms with van der Waals surface area (Å²) in [4.78, 5) is 6.67. The molecule has 0 spiro atoms. The molecule has 5 nitrogen and oxygen atoms in total. The van der Waals surface area contributed by atoms with Gasteiger partial charge in [-0.15, -0.1) is 0 Å². The van der Waals surface area contributed by atoms with Crippen molar-refractivity contribution in [3.8, 4) is 0 Å². The van der Waals surface area contributed by atoms with Gasteiger partial charge in [0.05, 0.1) is 28.5 Å². The molecular formula is C22H20FN3O2S. The third-order valence-corrected chi connectivity index (χ3v) is 7.56. The van der Waals surface area contributed by atoms with E-state index in [1.54, 1.807) is 24.3 Å². The second-order valence-electron chi connectivity index (χ2n) is 7.63. The molecule has 1 atom stereocenters. The number of sulfonamides is 1. The number of aromatic nitrogens is 1. The molecule has 5 rings (SSSR count). The summed E-state index contributed by atoms with van der Waals surface area (Å²) in [6, 6.07) is 8.33. The minimum atomic E-state index is -3.79. The highest BCUT2D eigenvalue weighted by atomic mass is 32.2. The first-order valence-corrected chi connectivity index (χ1v) is 10.9. The number of benzene rings is 1. The number of fused-ring (bicyclic) bond motifs is 2. The van der Waals surface area contributed by atoms with Crippen molar-refractivity contribution in [1.82, 2.24) is 14.2 Å². The van der Waals surface area contributed by atoms with E-state index in [0.717, 1.165) is 22.9 Å². The first kappa shape index (κ1) is 18.1. The molecule has 0 amide bonds. The maximum absolute atomic E-state index is 13.9. The molecule has 1 unspecified atom stereocenters. The molecule has 0 radical (unpaired) electrons. The number of aryl methyl sites for hydroxylation is 1. The highest BCUT2D eigenvalue weighted by Gasteiger charge is 2.42. The molecule has 0 saturated carbocycles. The van der Waals surface area contributed by atoms with Gasteiger partial charge in [0.2, 0.25) is 0 Å². The third kappa shape index (κ3) is 2.72. The summed E-state index contributed by atoms with van der Waals surface area (Å²) in [6.07, 6.45) is 7.56. The Morgan fingerprint density at radius 1 is 1.17 bits per heavy atom. The third-order valence-electron chi connectivity index (χ3n) is 5.75. The molecule has 1 aromatic heterocycles. The fourth-order valence-corrected chi connectivity index (χ4v) is 5.82. The first-order valence-electron chi connectivity index (χ1n) is 9.48. The number of nitrogens with zero attached hydrogens (tertiary/aromatic N) is 3. The number of halogens is 1. The van der Waals surface area contributed by atoms with Crippen LogP contribution in [0.15, 0.2) is 64.8 Å². The zero-order valence-electron chi connectivity index (χ0n) is 16.1. The summed E-state index contributed by atoms with van der Waals surface area (Å²) in [6.45, 7) is 2.26. The highest BCUT2D eigenvalue weighted by molar-refractivity contribution is 7.89. The van der Waals surface area contributed by atoms with Crippen LogP contribution in [0.1, 0.15) is 23.2 Å². The Hall–Kier alpha value is -2.93. The number of hydrogen-bond acceptors (Lipinski definition) is 4. The number of allylic oxidation sites excluding steroid dienone is 1. The van der Waals surface area contributed by atoms with E-state index in [9.17, 15) is 12.8 Å². The Bertz CT molecular complexity index is 1210. The fourth-order valence-electron chi connectivity index (χ4n) is 4.32. The van der Waals surface area contributed by atoms with Gasteiger partial charge < -0.3 is 4.90 Å². The van der Waals surface area contributed by atoms with Crippen LogP contribution < -0.4 is 0 Å². The average molecular weight is 409 g/mol. The summed E-state index contributed by atoms with van der Waals surface area (Å²) in [5.74, 6) is -0.447. The lowest BCUT2D eigenvalue weighted by atomic mass is 9.93. The van der Waals surface area contributed by atoms with Gasteiger partial charge in [-0.1, -0.05) is 29.8 Å². The molecule has 1 aliphatic carbocycles. The molecule has 0 saturated heterocycles. The second-order valence-corrected chi connectivity index (χ2v) is 9.49. The zero-order valence-corrected chi connectivity index (χ0v) is 16.9. The number of likely N-dealkylation sites (N-methyl/N-ethyl adjacent to an activating group) is 1. The normalized spacial score (nSPS) is 20.4. The minimum absolute atomic E-state index is 0.0759. The van der Waals surface area contributed by atoms with E-state index in [4.69, 9.17) is 0 Å². The highest BCUT2D eigenvalue weighted by Crippen LogP contribution is 2.45. The van der Waals surface area contributed by atoms with Crippen LogP contribution in [0.25, 0.3) is 11.8 Å². The lowest BCUT2D eigenvalue weighted by Gasteiger charge is -2.37. The van der Waals surface area contributed by atoms with Crippen molar-refractivity contribution >= 4 is 21.8 Å². The summed E-state index contributed by atoms with van der Waals surface area (Å²) in [5, 5.41) is 0. The van der Waals surface area contributed by atoms with E-state index in [-0.39, 0.29) is 10.9 Å². The standard InChI is InChI=1S/C22H20FN3O2S/c1-14-3-7-18(8-4-14)29(27,28)26-10-9-19-20-16(13-25(19)2)6-5-15-11-17(23)12-24-21(15)22(20)26/h3-8,11-13,19H,9-10H2,1-2H3. The van der Waals surface area contributed by atoms with Crippen LogP contribution in [-0.4, -0.2) is 42.2 Å². The SMILES string of the molecule is Cc1ccc(S(=O)(=O)N2CCC3C4=C2c2ncc(F)cc2C=CC4=CN3C)cc1.